The van der Waals surface area contributed by atoms with Crippen molar-refractivity contribution in [2.45, 2.75) is 19.4 Å². The van der Waals surface area contributed by atoms with E-state index in [1.165, 1.54) is 0 Å². The minimum Gasteiger partial charge on any atom is -0.394 e. The van der Waals surface area contributed by atoms with Crippen LogP contribution in [0, 0.1) is 5.92 Å². The number of nitrogens with zero attached hydrogens (tertiary/aromatic N) is 1. The van der Waals surface area contributed by atoms with Crippen LogP contribution in [0.5, 0.6) is 0 Å². The topological polar surface area (TPSA) is 58.7 Å². The molecule has 1 aliphatic rings. The molecule has 0 saturated carbocycles. The van der Waals surface area contributed by atoms with E-state index in [1.54, 1.807) is 0 Å². The van der Waals surface area contributed by atoms with E-state index in [0.717, 1.165) is 19.6 Å². The number of rotatable bonds is 6. The van der Waals surface area contributed by atoms with Gasteiger partial charge in [-0.3, -0.25) is 4.90 Å². The molecule has 14 heavy (non-hydrogen) atoms. The molecule has 0 aliphatic carbocycles. The highest BCUT2D eigenvalue weighted by molar-refractivity contribution is 5.01. The Bertz CT molecular complexity index is 168. The van der Waals surface area contributed by atoms with E-state index < -0.39 is 0 Å². The summed E-state index contributed by atoms with van der Waals surface area (Å²) in [6.45, 7) is 8.42. The third-order valence-corrected chi connectivity index (χ3v) is 2.97. The normalized spacial score (nSPS) is 21.2. The van der Waals surface area contributed by atoms with Crippen LogP contribution in [0.4, 0.5) is 0 Å². The van der Waals surface area contributed by atoms with Gasteiger partial charge in [0.2, 0.25) is 0 Å². The molecule has 0 radical (unpaired) electrons. The van der Waals surface area contributed by atoms with Crippen LogP contribution in [0.15, 0.2) is 0 Å². The summed E-state index contributed by atoms with van der Waals surface area (Å²) in [5.41, 5.74) is 6.15. The second kappa shape index (κ2) is 5.07. The molecule has 0 aromatic rings. The van der Waals surface area contributed by atoms with Crippen molar-refractivity contribution in [1.82, 2.24) is 4.90 Å². The first-order valence-electron chi connectivity index (χ1n) is 5.28. The Labute approximate surface area is 86.0 Å². The van der Waals surface area contributed by atoms with Crippen LogP contribution in [0.25, 0.3) is 0 Å². The summed E-state index contributed by atoms with van der Waals surface area (Å²) in [6, 6.07) is 0. The highest BCUT2D eigenvalue weighted by Gasteiger charge is 2.41. The van der Waals surface area contributed by atoms with Crippen LogP contribution >= 0.6 is 0 Å². The standard InChI is InChI=1S/C10H22N2O2/c1-9(2)10(11)7-12(8-10)3-5-14-6-4-13/h9,13H,3-8,11H2,1-2H3. The molecular weight excluding hydrogens is 180 g/mol. The van der Waals surface area contributed by atoms with E-state index in [4.69, 9.17) is 15.6 Å². The zero-order chi connectivity index (χ0) is 10.6. The molecule has 0 aromatic carbocycles. The van der Waals surface area contributed by atoms with Crippen molar-refractivity contribution in [3.63, 3.8) is 0 Å². The van der Waals surface area contributed by atoms with E-state index in [2.05, 4.69) is 18.7 Å². The first-order chi connectivity index (χ1) is 6.58. The number of ether oxygens (including phenoxy) is 1. The van der Waals surface area contributed by atoms with Crippen LogP contribution in [-0.4, -0.2) is 55.0 Å². The molecule has 0 amide bonds. The molecule has 0 atom stereocenters. The fourth-order valence-corrected chi connectivity index (χ4v) is 1.67. The Kier molecular flexibility index (Phi) is 4.31. The van der Waals surface area contributed by atoms with Crippen LogP contribution in [0.2, 0.25) is 0 Å². The van der Waals surface area contributed by atoms with Gasteiger partial charge in [0.15, 0.2) is 0 Å². The second-order valence-corrected chi connectivity index (χ2v) is 4.43. The van der Waals surface area contributed by atoms with Gasteiger partial charge in [0.1, 0.15) is 0 Å². The number of hydrogen-bond acceptors (Lipinski definition) is 4. The number of aliphatic hydroxyl groups is 1. The van der Waals surface area contributed by atoms with E-state index in [9.17, 15) is 0 Å². The molecule has 3 N–H and O–H groups in total. The maximum atomic E-state index is 8.50. The Balaban J connectivity index is 2.04. The molecule has 1 fully saturated rings. The van der Waals surface area contributed by atoms with Gasteiger partial charge < -0.3 is 15.6 Å². The molecule has 1 heterocycles. The van der Waals surface area contributed by atoms with Gasteiger partial charge in [0.25, 0.3) is 0 Å². The van der Waals surface area contributed by atoms with Gasteiger partial charge in [0, 0.05) is 25.2 Å². The smallest absolute Gasteiger partial charge is 0.0698 e. The summed E-state index contributed by atoms with van der Waals surface area (Å²) in [6.07, 6.45) is 0. The zero-order valence-electron chi connectivity index (χ0n) is 9.20. The van der Waals surface area contributed by atoms with Crippen molar-refractivity contribution in [2.75, 3.05) is 39.5 Å². The molecule has 0 bridgehead atoms. The molecule has 1 saturated heterocycles. The average Bonchev–Trinajstić information content (AvgIpc) is 2.08. The number of hydrogen-bond donors (Lipinski definition) is 2. The average molecular weight is 202 g/mol. The number of aliphatic hydroxyl groups excluding tert-OH is 1. The largest absolute Gasteiger partial charge is 0.394 e. The van der Waals surface area contributed by atoms with Crippen molar-refractivity contribution in [1.29, 1.82) is 0 Å². The monoisotopic (exact) mass is 202 g/mol. The van der Waals surface area contributed by atoms with Crippen LogP contribution in [-0.2, 0) is 4.74 Å². The number of nitrogens with two attached hydrogens (primary N) is 1. The Morgan fingerprint density at radius 3 is 2.57 bits per heavy atom. The highest BCUT2D eigenvalue weighted by atomic mass is 16.5. The maximum Gasteiger partial charge on any atom is 0.0698 e. The number of likely N-dealkylation sites (tertiary alicyclic amines) is 1. The summed E-state index contributed by atoms with van der Waals surface area (Å²) in [5.74, 6) is 0.539. The molecule has 4 nitrogen and oxygen atoms in total. The maximum absolute atomic E-state index is 8.50. The van der Waals surface area contributed by atoms with Gasteiger partial charge in [-0.05, 0) is 5.92 Å². The van der Waals surface area contributed by atoms with Crippen molar-refractivity contribution in [3.8, 4) is 0 Å². The lowest BCUT2D eigenvalue weighted by Crippen LogP contribution is -2.70. The summed E-state index contributed by atoms with van der Waals surface area (Å²) >= 11 is 0. The van der Waals surface area contributed by atoms with E-state index in [-0.39, 0.29) is 12.1 Å². The Morgan fingerprint density at radius 1 is 1.43 bits per heavy atom. The predicted molar refractivity (Wildman–Crippen MR) is 56.1 cm³/mol. The van der Waals surface area contributed by atoms with Crippen LogP contribution in [0.3, 0.4) is 0 Å². The summed E-state index contributed by atoms with van der Waals surface area (Å²) in [7, 11) is 0. The van der Waals surface area contributed by atoms with E-state index >= 15 is 0 Å². The Hall–Kier alpha value is -0.160. The first-order valence-corrected chi connectivity index (χ1v) is 5.28. The summed E-state index contributed by atoms with van der Waals surface area (Å²) in [5, 5.41) is 8.50. The van der Waals surface area contributed by atoms with Crippen molar-refractivity contribution < 1.29 is 9.84 Å². The van der Waals surface area contributed by atoms with Gasteiger partial charge in [-0.15, -0.1) is 0 Å². The lowest BCUT2D eigenvalue weighted by Gasteiger charge is -2.50. The van der Waals surface area contributed by atoms with E-state index in [0.29, 0.717) is 19.1 Å². The molecule has 0 spiro atoms. The van der Waals surface area contributed by atoms with Crippen LogP contribution in [0.1, 0.15) is 13.8 Å². The fraction of sp³-hybridized carbons (Fsp3) is 1.00. The quantitative estimate of drug-likeness (QED) is 0.579. The minimum absolute atomic E-state index is 0.0109. The Morgan fingerprint density at radius 2 is 2.07 bits per heavy atom. The molecule has 1 rings (SSSR count). The summed E-state index contributed by atoms with van der Waals surface area (Å²) in [4.78, 5) is 2.29. The third kappa shape index (κ3) is 2.92. The molecule has 0 unspecified atom stereocenters. The molecule has 84 valence electrons. The fourth-order valence-electron chi connectivity index (χ4n) is 1.67. The molecule has 4 heteroatoms. The van der Waals surface area contributed by atoms with Crippen molar-refractivity contribution in [3.05, 3.63) is 0 Å². The van der Waals surface area contributed by atoms with Gasteiger partial charge >= 0.3 is 0 Å². The second-order valence-electron chi connectivity index (χ2n) is 4.43. The SMILES string of the molecule is CC(C)C1(N)CN(CCOCCO)C1. The van der Waals surface area contributed by atoms with E-state index in [1.807, 2.05) is 0 Å². The van der Waals surface area contributed by atoms with Gasteiger partial charge in [-0.25, -0.2) is 0 Å². The third-order valence-electron chi connectivity index (χ3n) is 2.97. The van der Waals surface area contributed by atoms with Crippen molar-refractivity contribution >= 4 is 0 Å². The minimum atomic E-state index is 0.0109. The van der Waals surface area contributed by atoms with Gasteiger partial charge in [-0.1, -0.05) is 13.8 Å². The summed E-state index contributed by atoms with van der Waals surface area (Å²) < 4.78 is 5.19. The zero-order valence-corrected chi connectivity index (χ0v) is 9.20. The lowest BCUT2D eigenvalue weighted by atomic mass is 9.80. The van der Waals surface area contributed by atoms with Gasteiger partial charge in [0.05, 0.1) is 19.8 Å². The molecule has 0 aromatic heterocycles. The lowest BCUT2D eigenvalue weighted by molar-refractivity contribution is 0.00536. The highest BCUT2D eigenvalue weighted by Crippen LogP contribution is 2.25. The van der Waals surface area contributed by atoms with Crippen LogP contribution < -0.4 is 5.73 Å². The van der Waals surface area contributed by atoms with Crippen molar-refractivity contribution in [2.24, 2.45) is 11.7 Å². The predicted octanol–water partition coefficient (Wildman–Crippen LogP) is -0.336. The molecular formula is C10H22N2O2. The first kappa shape index (κ1) is 11.9. The molecule has 1 aliphatic heterocycles. The van der Waals surface area contributed by atoms with Gasteiger partial charge in [-0.2, -0.15) is 0 Å².